The van der Waals surface area contributed by atoms with Crippen LogP contribution in [0.5, 0.6) is 0 Å². The average Bonchev–Trinajstić information content (AvgIpc) is 3.30. The van der Waals surface area contributed by atoms with Crippen LogP contribution in [0.2, 0.25) is 0 Å². The molecule has 6 heteroatoms. The summed E-state index contributed by atoms with van der Waals surface area (Å²) in [7, 11) is 0. The lowest BCUT2D eigenvalue weighted by Gasteiger charge is -2.09. The summed E-state index contributed by atoms with van der Waals surface area (Å²) in [6, 6.07) is 14.4. The second-order valence-electron chi connectivity index (χ2n) is 5.12. The third-order valence-electron chi connectivity index (χ3n) is 3.35. The molecule has 24 heavy (non-hydrogen) atoms. The van der Waals surface area contributed by atoms with Crippen LogP contribution in [0.3, 0.4) is 0 Å². The van der Waals surface area contributed by atoms with Gasteiger partial charge in [-0.1, -0.05) is 36.4 Å². The van der Waals surface area contributed by atoms with Crippen LogP contribution >= 0.6 is 22.7 Å². The number of aromatic nitrogens is 1. The highest BCUT2D eigenvalue weighted by Crippen LogP contribution is 2.21. The summed E-state index contributed by atoms with van der Waals surface area (Å²) in [5.74, 6) is 0.822. The Labute approximate surface area is 150 Å². The number of rotatable bonds is 6. The molecule has 124 valence electrons. The number of thiophene rings is 1. The summed E-state index contributed by atoms with van der Waals surface area (Å²) in [5, 5.41) is 11.9. The first-order valence-corrected chi connectivity index (χ1v) is 9.65. The number of nitrogens with one attached hydrogen (secondary N) is 2. The Morgan fingerprint density at radius 2 is 1.96 bits per heavy atom. The SMILES string of the molecule is CCNC(=NCc1cccs1)NCc1nc(-c2ccccc2)cs1. The van der Waals surface area contributed by atoms with Crippen LogP contribution < -0.4 is 10.6 Å². The van der Waals surface area contributed by atoms with E-state index < -0.39 is 0 Å². The summed E-state index contributed by atoms with van der Waals surface area (Å²) >= 11 is 3.39. The number of benzene rings is 1. The molecule has 0 saturated carbocycles. The summed E-state index contributed by atoms with van der Waals surface area (Å²) in [6.07, 6.45) is 0. The molecule has 4 nitrogen and oxygen atoms in total. The number of thiazole rings is 1. The fraction of sp³-hybridized carbons (Fsp3) is 0.222. The van der Waals surface area contributed by atoms with E-state index in [1.165, 1.54) is 4.88 Å². The van der Waals surface area contributed by atoms with Crippen LogP contribution in [-0.4, -0.2) is 17.5 Å². The first-order valence-electron chi connectivity index (χ1n) is 7.89. The fourth-order valence-corrected chi connectivity index (χ4v) is 3.57. The minimum absolute atomic E-state index is 0.674. The summed E-state index contributed by atoms with van der Waals surface area (Å²) in [4.78, 5) is 10.6. The van der Waals surface area contributed by atoms with Crippen LogP contribution in [0, 0.1) is 0 Å². The molecule has 0 atom stereocenters. The van der Waals surface area contributed by atoms with Gasteiger partial charge in [-0.25, -0.2) is 9.98 Å². The maximum Gasteiger partial charge on any atom is 0.191 e. The van der Waals surface area contributed by atoms with Gasteiger partial charge in [0.05, 0.1) is 18.8 Å². The zero-order chi connectivity index (χ0) is 16.6. The van der Waals surface area contributed by atoms with Gasteiger partial charge in [0.1, 0.15) is 5.01 Å². The molecule has 0 amide bonds. The minimum Gasteiger partial charge on any atom is -0.357 e. The van der Waals surface area contributed by atoms with Crippen molar-refractivity contribution < 1.29 is 0 Å². The van der Waals surface area contributed by atoms with E-state index in [0.717, 1.165) is 28.8 Å². The van der Waals surface area contributed by atoms with Gasteiger partial charge in [-0.15, -0.1) is 22.7 Å². The largest absolute Gasteiger partial charge is 0.357 e. The molecule has 0 unspecified atom stereocenters. The molecular formula is C18H20N4S2. The Morgan fingerprint density at radius 1 is 1.08 bits per heavy atom. The highest BCUT2D eigenvalue weighted by Gasteiger charge is 2.05. The minimum atomic E-state index is 0.674. The van der Waals surface area contributed by atoms with Crippen LogP contribution in [-0.2, 0) is 13.1 Å². The van der Waals surface area contributed by atoms with E-state index in [1.54, 1.807) is 22.7 Å². The number of hydrogen-bond acceptors (Lipinski definition) is 4. The second-order valence-corrected chi connectivity index (χ2v) is 7.10. The van der Waals surface area contributed by atoms with Gasteiger partial charge in [0.2, 0.25) is 0 Å². The monoisotopic (exact) mass is 356 g/mol. The van der Waals surface area contributed by atoms with Gasteiger partial charge in [0, 0.05) is 22.4 Å². The lowest BCUT2D eigenvalue weighted by molar-refractivity contribution is 0.813. The molecule has 0 saturated heterocycles. The van der Waals surface area contributed by atoms with Crippen molar-refractivity contribution in [1.29, 1.82) is 0 Å². The van der Waals surface area contributed by atoms with Crippen LogP contribution in [0.4, 0.5) is 0 Å². The first-order chi connectivity index (χ1) is 11.8. The van der Waals surface area contributed by atoms with Gasteiger partial charge in [-0.05, 0) is 18.4 Å². The summed E-state index contributed by atoms with van der Waals surface area (Å²) < 4.78 is 0. The van der Waals surface area contributed by atoms with Gasteiger partial charge in [-0.3, -0.25) is 0 Å². The van der Waals surface area contributed by atoms with E-state index in [9.17, 15) is 0 Å². The molecule has 1 aromatic carbocycles. The van der Waals surface area contributed by atoms with Crippen molar-refractivity contribution in [1.82, 2.24) is 15.6 Å². The quantitative estimate of drug-likeness (QED) is 0.516. The number of guanidine groups is 1. The molecule has 0 aliphatic heterocycles. The summed E-state index contributed by atoms with van der Waals surface area (Å²) in [6.45, 7) is 4.27. The Bertz CT molecular complexity index is 763. The maximum absolute atomic E-state index is 4.70. The molecule has 3 aromatic rings. The van der Waals surface area contributed by atoms with E-state index >= 15 is 0 Å². The van der Waals surface area contributed by atoms with E-state index in [2.05, 4.69) is 57.6 Å². The van der Waals surface area contributed by atoms with Crippen LogP contribution in [0.25, 0.3) is 11.3 Å². The van der Waals surface area contributed by atoms with E-state index in [0.29, 0.717) is 13.1 Å². The van der Waals surface area contributed by atoms with Gasteiger partial charge >= 0.3 is 0 Å². The normalized spacial score (nSPS) is 11.5. The third-order valence-corrected chi connectivity index (χ3v) is 5.06. The van der Waals surface area contributed by atoms with E-state index in [4.69, 9.17) is 4.98 Å². The van der Waals surface area contributed by atoms with Crippen molar-refractivity contribution in [3.8, 4) is 11.3 Å². The van der Waals surface area contributed by atoms with Crippen molar-refractivity contribution in [2.75, 3.05) is 6.54 Å². The molecule has 3 rings (SSSR count). The van der Waals surface area contributed by atoms with Crippen molar-refractivity contribution in [3.63, 3.8) is 0 Å². The Morgan fingerprint density at radius 3 is 2.71 bits per heavy atom. The van der Waals surface area contributed by atoms with E-state index in [-0.39, 0.29) is 0 Å². The molecule has 0 aliphatic rings. The average molecular weight is 357 g/mol. The molecule has 2 aromatic heterocycles. The Kier molecular flexibility index (Phi) is 5.98. The lowest BCUT2D eigenvalue weighted by Crippen LogP contribution is -2.36. The van der Waals surface area contributed by atoms with Gasteiger partial charge in [0.25, 0.3) is 0 Å². The third kappa shape index (κ3) is 4.66. The summed E-state index contributed by atoms with van der Waals surface area (Å²) in [5.41, 5.74) is 2.18. The predicted octanol–water partition coefficient (Wildman–Crippen LogP) is 4.13. The fourth-order valence-electron chi connectivity index (χ4n) is 2.19. The van der Waals surface area contributed by atoms with Crippen LogP contribution in [0.1, 0.15) is 16.8 Å². The van der Waals surface area contributed by atoms with Gasteiger partial charge in [0.15, 0.2) is 5.96 Å². The number of hydrogen-bond donors (Lipinski definition) is 2. The number of aliphatic imine (C=N–C) groups is 1. The topological polar surface area (TPSA) is 49.3 Å². The molecule has 0 radical (unpaired) electrons. The lowest BCUT2D eigenvalue weighted by atomic mass is 10.2. The molecule has 0 fully saturated rings. The molecular weight excluding hydrogens is 336 g/mol. The molecule has 2 N–H and O–H groups in total. The zero-order valence-electron chi connectivity index (χ0n) is 13.5. The molecule has 0 spiro atoms. The standard InChI is InChI=1S/C18H20N4S2/c1-2-19-18(20-11-15-9-6-10-23-15)21-12-17-22-16(13-24-17)14-7-4-3-5-8-14/h3-10,13H,2,11-12H2,1H3,(H2,19,20,21). The van der Waals surface area contributed by atoms with Gasteiger partial charge < -0.3 is 10.6 Å². The van der Waals surface area contributed by atoms with E-state index in [1.807, 2.05) is 18.2 Å². The molecule has 0 bridgehead atoms. The Balaban J connectivity index is 1.60. The number of nitrogens with zero attached hydrogens (tertiary/aromatic N) is 2. The highest BCUT2D eigenvalue weighted by molar-refractivity contribution is 7.10. The Hall–Kier alpha value is -2.18. The van der Waals surface area contributed by atoms with Crippen molar-refractivity contribution in [2.24, 2.45) is 4.99 Å². The van der Waals surface area contributed by atoms with Crippen molar-refractivity contribution in [2.45, 2.75) is 20.0 Å². The van der Waals surface area contributed by atoms with Crippen molar-refractivity contribution in [3.05, 3.63) is 63.1 Å². The molecule has 0 aliphatic carbocycles. The maximum atomic E-state index is 4.70. The zero-order valence-corrected chi connectivity index (χ0v) is 15.2. The van der Waals surface area contributed by atoms with Crippen LogP contribution in [0.15, 0.2) is 58.2 Å². The first kappa shape index (κ1) is 16.7. The second kappa shape index (κ2) is 8.61. The smallest absolute Gasteiger partial charge is 0.191 e. The van der Waals surface area contributed by atoms with Crippen molar-refractivity contribution >= 4 is 28.6 Å². The van der Waals surface area contributed by atoms with Gasteiger partial charge in [-0.2, -0.15) is 0 Å². The predicted molar refractivity (Wildman–Crippen MR) is 104 cm³/mol. The molecule has 2 heterocycles. The highest BCUT2D eigenvalue weighted by atomic mass is 32.1.